The van der Waals surface area contributed by atoms with Crippen molar-refractivity contribution in [2.45, 2.75) is 6.92 Å². The van der Waals surface area contributed by atoms with Crippen molar-refractivity contribution in [1.82, 2.24) is 0 Å². The molecule has 0 saturated heterocycles. The van der Waals surface area contributed by atoms with Gasteiger partial charge in [-0.2, -0.15) is 0 Å². The fourth-order valence-electron chi connectivity index (χ4n) is 1.59. The number of rotatable bonds is 3. The van der Waals surface area contributed by atoms with Gasteiger partial charge in [0.2, 0.25) is 0 Å². The van der Waals surface area contributed by atoms with Crippen LogP contribution in [0.25, 0.3) is 0 Å². The molecule has 0 saturated carbocycles. The first-order valence-electron chi connectivity index (χ1n) is 5.51. The van der Waals surface area contributed by atoms with Crippen LogP contribution in [0.5, 0.6) is 11.5 Å². The monoisotopic (exact) mass is 355 g/mol. The van der Waals surface area contributed by atoms with Crippen molar-refractivity contribution >= 4 is 44.7 Å². The van der Waals surface area contributed by atoms with E-state index in [0.717, 1.165) is 15.8 Å². The van der Waals surface area contributed by atoms with E-state index in [2.05, 4.69) is 15.9 Å². The molecule has 5 heteroatoms. The molecule has 0 heterocycles. The number of ether oxygens (including phenoxy) is 1. The molecule has 0 amide bonds. The van der Waals surface area contributed by atoms with E-state index in [0.29, 0.717) is 16.3 Å². The summed E-state index contributed by atoms with van der Waals surface area (Å²) in [6.07, 6.45) is 0. The van der Waals surface area contributed by atoms with Crippen molar-refractivity contribution in [2.24, 2.45) is 5.73 Å². The second-order valence-electron chi connectivity index (χ2n) is 4.02. The van der Waals surface area contributed by atoms with E-state index in [4.69, 9.17) is 34.3 Å². The van der Waals surface area contributed by atoms with Gasteiger partial charge in [0.05, 0.1) is 5.56 Å². The average Bonchev–Trinajstić information content (AvgIpc) is 2.33. The summed E-state index contributed by atoms with van der Waals surface area (Å²) in [7, 11) is 0. The van der Waals surface area contributed by atoms with Gasteiger partial charge in [0.1, 0.15) is 16.5 Å². The SMILES string of the molecule is Cc1ccc(Br)cc1Oc1cc(Cl)ccc1C(N)=S. The minimum Gasteiger partial charge on any atom is -0.456 e. The zero-order chi connectivity index (χ0) is 14.0. The molecule has 0 aromatic heterocycles. The van der Waals surface area contributed by atoms with Crippen LogP contribution < -0.4 is 10.5 Å². The summed E-state index contributed by atoms with van der Waals surface area (Å²) >= 11 is 14.4. The van der Waals surface area contributed by atoms with Crippen LogP contribution >= 0.6 is 39.7 Å². The first-order valence-corrected chi connectivity index (χ1v) is 7.08. The van der Waals surface area contributed by atoms with Crippen LogP contribution in [0.15, 0.2) is 40.9 Å². The van der Waals surface area contributed by atoms with Crippen molar-refractivity contribution < 1.29 is 4.74 Å². The molecular formula is C14H11BrClNOS. The zero-order valence-corrected chi connectivity index (χ0v) is 13.3. The van der Waals surface area contributed by atoms with E-state index in [1.807, 2.05) is 25.1 Å². The van der Waals surface area contributed by atoms with Crippen molar-refractivity contribution in [3.8, 4) is 11.5 Å². The van der Waals surface area contributed by atoms with Crippen LogP contribution in [-0.2, 0) is 0 Å². The number of hydrogen-bond donors (Lipinski definition) is 1. The van der Waals surface area contributed by atoms with Gasteiger partial charge in [0.25, 0.3) is 0 Å². The Kier molecular flexibility index (Phi) is 4.45. The Balaban J connectivity index is 2.45. The summed E-state index contributed by atoms with van der Waals surface area (Å²) in [4.78, 5) is 0.277. The summed E-state index contributed by atoms with van der Waals surface area (Å²) in [5, 5.41) is 0.572. The number of benzene rings is 2. The lowest BCUT2D eigenvalue weighted by Gasteiger charge is -2.13. The first kappa shape index (κ1) is 14.3. The maximum absolute atomic E-state index is 5.99. The molecule has 0 aliphatic carbocycles. The van der Waals surface area contributed by atoms with Gasteiger partial charge in [-0.1, -0.05) is 45.8 Å². The molecule has 2 aromatic rings. The molecule has 0 atom stereocenters. The van der Waals surface area contributed by atoms with Gasteiger partial charge >= 0.3 is 0 Å². The molecule has 0 unspecified atom stereocenters. The lowest BCUT2D eigenvalue weighted by Crippen LogP contribution is -2.10. The van der Waals surface area contributed by atoms with E-state index in [-0.39, 0.29) is 4.99 Å². The standard InChI is InChI=1S/C14H11BrClNOS/c1-8-2-3-9(15)6-12(8)18-13-7-10(16)4-5-11(13)14(17)19/h2-7H,1H3,(H2,17,19). The third kappa shape index (κ3) is 3.47. The molecule has 98 valence electrons. The maximum atomic E-state index is 5.99. The number of halogens is 2. The highest BCUT2D eigenvalue weighted by atomic mass is 79.9. The predicted octanol–water partition coefficient (Wildman–Crippen LogP) is 4.84. The fraction of sp³-hybridized carbons (Fsp3) is 0.0714. The average molecular weight is 357 g/mol. The summed E-state index contributed by atoms with van der Waals surface area (Å²) in [5.74, 6) is 1.29. The lowest BCUT2D eigenvalue weighted by atomic mass is 10.2. The zero-order valence-electron chi connectivity index (χ0n) is 10.1. The molecule has 0 fully saturated rings. The van der Waals surface area contributed by atoms with Crippen molar-refractivity contribution in [1.29, 1.82) is 0 Å². The van der Waals surface area contributed by atoms with Gasteiger partial charge in [-0.3, -0.25) is 0 Å². The van der Waals surface area contributed by atoms with Gasteiger partial charge in [0, 0.05) is 15.6 Å². The molecule has 2 rings (SSSR count). The third-order valence-corrected chi connectivity index (χ3v) is 3.53. The highest BCUT2D eigenvalue weighted by molar-refractivity contribution is 9.10. The Labute approximate surface area is 130 Å². The smallest absolute Gasteiger partial charge is 0.139 e. The van der Waals surface area contributed by atoms with Crippen LogP contribution in [0.2, 0.25) is 5.02 Å². The molecule has 0 radical (unpaired) electrons. The summed E-state index contributed by atoms with van der Waals surface area (Å²) in [5.41, 5.74) is 7.36. The molecule has 2 aromatic carbocycles. The van der Waals surface area contributed by atoms with E-state index in [9.17, 15) is 0 Å². The highest BCUT2D eigenvalue weighted by Gasteiger charge is 2.10. The first-order chi connectivity index (χ1) is 8.97. The normalized spacial score (nSPS) is 10.3. The highest BCUT2D eigenvalue weighted by Crippen LogP contribution is 2.32. The number of hydrogen-bond acceptors (Lipinski definition) is 2. The van der Waals surface area contributed by atoms with Crippen LogP contribution in [0.1, 0.15) is 11.1 Å². The topological polar surface area (TPSA) is 35.2 Å². The number of aryl methyl sites for hydroxylation is 1. The van der Waals surface area contributed by atoms with Gasteiger partial charge in [-0.05, 0) is 36.8 Å². The van der Waals surface area contributed by atoms with Gasteiger partial charge in [-0.15, -0.1) is 0 Å². The molecular weight excluding hydrogens is 346 g/mol. The largest absolute Gasteiger partial charge is 0.456 e. The molecule has 2 N–H and O–H groups in total. The van der Waals surface area contributed by atoms with Crippen LogP contribution in [0.3, 0.4) is 0 Å². The third-order valence-electron chi connectivity index (χ3n) is 2.58. The minimum absolute atomic E-state index is 0.277. The Morgan fingerprint density at radius 1 is 1.21 bits per heavy atom. The van der Waals surface area contributed by atoms with Crippen LogP contribution in [0, 0.1) is 6.92 Å². The van der Waals surface area contributed by atoms with E-state index in [1.165, 1.54) is 0 Å². The predicted molar refractivity (Wildman–Crippen MR) is 86.3 cm³/mol. The second-order valence-corrected chi connectivity index (χ2v) is 5.81. The minimum atomic E-state index is 0.277. The van der Waals surface area contributed by atoms with E-state index >= 15 is 0 Å². The quantitative estimate of drug-likeness (QED) is 0.799. The molecule has 0 aliphatic rings. The summed E-state index contributed by atoms with van der Waals surface area (Å²) < 4.78 is 6.82. The Hall–Kier alpha value is -1.10. The van der Waals surface area contributed by atoms with E-state index < -0.39 is 0 Å². The lowest BCUT2D eigenvalue weighted by molar-refractivity contribution is 0.477. The van der Waals surface area contributed by atoms with Crippen molar-refractivity contribution in [3.05, 3.63) is 57.0 Å². The second kappa shape index (κ2) is 5.90. The van der Waals surface area contributed by atoms with Crippen molar-refractivity contribution in [3.63, 3.8) is 0 Å². The van der Waals surface area contributed by atoms with E-state index in [1.54, 1.807) is 18.2 Å². The Morgan fingerprint density at radius 3 is 2.63 bits per heavy atom. The Morgan fingerprint density at radius 2 is 1.95 bits per heavy atom. The number of nitrogens with two attached hydrogens (primary N) is 1. The van der Waals surface area contributed by atoms with Crippen LogP contribution in [0.4, 0.5) is 0 Å². The summed E-state index contributed by atoms with van der Waals surface area (Å²) in [6, 6.07) is 11.0. The van der Waals surface area contributed by atoms with Gasteiger partial charge in [-0.25, -0.2) is 0 Å². The molecule has 2 nitrogen and oxygen atoms in total. The van der Waals surface area contributed by atoms with Crippen molar-refractivity contribution in [2.75, 3.05) is 0 Å². The maximum Gasteiger partial charge on any atom is 0.139 e. The Bertz CT molecular complexity index is 645. The van der Waals surface area contributed by atoms with Gasteiger partial charge in [0.15, 0.2) is 0 Å². The van der Waals surface area contributed by atoms with Crippen LogP contribution in [-0.4, -0.2) is 4.99 Å². The fourth-order valence-corrected chi connectivity index (χ4v) is 2.26. The molecule has 0 aliphatic heterocycles. The number of thiocarbonyl (C=S) groups is 1. The van der Waals surface area contributed by atoms with Gasteiger partial charge < -0.3 is 10.5 Å². The molecule has 0 spiro atoms. The summed E-state index contributed by atoms with van der Waals surface area (Å²) in [6.45, 7) is 1.97. The molecule has 19 heavy (non-hydrogen) atoms. The molecule has 0 bridgehead atoms.